The molecule has 128 valence electrons. The highest BCUT2D eigenvalue weighted by atomic mass is 32.2. The van der Waals surface area contributed by atoms with E-state index >= 15 is 0 Å². The molecule has 2 aromatic rings. The molecule has 0 saturated carbocycles. The number of ether oxygens (including phenoxy) is 1. The van der Waals surface area contributed by atoms with Crippen molar-refractivity contribution in [1.29, 1.82) is 0 Å². The van der Waals surface area contributed by atoms with Crippen LogP contribution in [0.15, 0.2) is 29.4 Å². The van der Waals surface area contributed by atoms with Gasteiger partial charge in [-0.25, -0.2) is 0 Å². The first-order valence-corrected chi connectivity index (χ1v) is 9.13. The summed E-state index contributed by atoms with van der Waals surface area (Å²) in [4.78, 5) is 12.2. The highest BCUT2D eigenvalue weighted by molar-refractivity contribution is 8.00. The second kappa shape index (κ2) is 7.70. The van der Waals surface area contributed by atoms with Crippen molar-refractivity contribution in [2.45, 2.75) is 43.1 Å². The van der Waals surface area contributed by atoms with Gasteiger partial charge in [-0.3, -0.25) is 4.79 Å². The van der Waals surface area contributed by atoms with E-state index in [1.165, 1.54) is 11.8 Å². The molecule has 0 aliphatic carbocycles. The van der Waals surface area contributed by atoms with Crippen LogP contribution in [-0.4, -0.2) is 39.6 Å². The van der Waals surface area contributed by atoms with Gasteiger partial charge in [-0.2, -0.15) is 0 Å². The highest BCUT2D eigenvalue weighted by Gasteiger charge is 2.25. The Balaban J connectivity index is 1.84. The summed E-state index contributed by atoms with van der Waals surface area (Å²) in [7, 11) is 1.65. The SMILES string of the molecule is CCn1c(SC2CCCCNC2=O)nnc1-c1ccc(OC)cc1. The summed E-state index contributed by atoms with van der Waals surface area (Å²) in [6, 6.07) is 7.77. The number of nitrogens with zero attached hydrogens (tertiary/aromatic N) is 3. The lowest BCUT2D eigenvalue weighted by Gasteiger charge is -2.13. The van der Waals surface area contributed by atoms with Crippen LogP contribution in [0.2, 0.25) is 0 Å². The number of thioether (sulfide) groups is 1. The van der Waals surface area contributed by atoms with Crippen LogP contribution in [0, 0.1) is 0 Å². The molecule has 6 nitrogen and oxygen atoms in total. The molecule has 1 saturated heterocycles. The second-order valence-corrected chi connectivity index (χ2v) is 6.84. The third-order valence-corrected chi connectivity index (χ3v) is 5.36. The molecule has 2 heterocycles. The lowest BCUT2D eigenvalue weighted by atomic mass is 10.2. The van der Waals surface area contributed by atoms with E-state index in [0.717, 1.165) is 54.6 Å². The van der Waals surface area contributed by atoms with Crippen LogP contribution in [0.4, 0.5) is 0 Å². The zero-order valence-electron chi connectivity index (χ0n) is 14.0. The third-order valence-electron chi connectivity index (χ3n) is 4.11. The van der Waals surface area contributed by atoms with Crippen LogP contribution in [-0.2, 0) is 11.3 Å². The topological polar surface area (TPSA) is 69.0 Å². The molecule has 1 aromatic carbocycles. The quantitative estimate of drug-likeness (QED) is 0.901. The van der Waals surface area contributed by atoms with Gasteiger partial charge in [0, 0.05) is 18.7 Å². The molecule has 1 unspecified atom stereocenters. The van der Waals surface area contributed by atoms with Crippen LogP contribution in [0.3, 0.4) is 0 Å². The first-order valence-electron chi connectivity index (χ1n) is 8.25. The summed E-state index contributed by atoms with van der Waals surface area (Å²) < 4.78 is 7.26. The minimum Gasteiger partial charge on any atom is -0.497 e. The normalized spacial score (nSPS) is 18.1. The lowest BCUT2D eigenvalue weighted by Crippen LogP contribution is -2.30. The van der Waals surface area contributed by atoms with Crippen molar-refractivity contribution in [3.05, 3.63) is 24.3 Å². The summed E-state index contributed by atoms with van der Waals surface area (Å²) in [5, 5.41) is 12.4. The Labute approximate surface area is 146 Å². The monoisotopic (exact) mass is 346 g/mol. The van der Waals surface area contributed by atoms with Gasteiger partial charge in [0.2, 0.25) is 5.91 Å². The number of nitrogens with one attached hydrogen (secondary N) is 1. The van der Waals surface area contributed by atoms with Crippen molar-refractivity contribution >= 4 is 17.7 Å². The molecule has 1 atom stereocenters. The van der Waals surface area contributed by atoms with Gasteiger partial charge in [0.15, 0.2) is 11.0 Å². The summed E-state index contributed by atoms with van der Waals surface area (Å²) in [5.41, 5.74) is 0.988. The molecule has 0 bridgehead atoms. The van der Waals surface area contributed by atoms with E-state index in [9.17, 15) is 4.79 Å². The Morgan fingerprint density at radius 3 is 2.79 bits per heavy atom. The van der Waals surface area contributed by atoms with Crippen LogP contribution >= 0.6 is 11.8 Å². The predicted molar refractivity (Wildman–Crippen MR) is 94.2 cm³/mol. The Bertz CT molecular complexity index is 699. The fourth-order valence-electron chi connectivity index (χ4n) is 2.77. The van der Waals surface area contributed by atoms with Gasteiger partial charge in [0.25, 0.3) is 0 Å². The summed E-state index contributed by atoms with van der Waals surface area (Å²) in [5.74, 6) is 1.73. The number of hydrogen-bond acceptors (Lipinski definition) is 5. The van der Waals surface area contributed by atoms with Crippen molar-refractivity contribution in [2.24, 2.45) is 0 Å². The molecule has 1 amide bonds. The number of methoxy groups -OCH3 is 1. The van der Waals surface area contributed by atoms with Crippen molar-refractivity contribution < 1.29 is 9.53 Å². The molecule has 1 aliphatic rings. The van der Waals surface area contributed by atoms with E-state index in [4.69, 9.17) is 4.74 Å². The summed E-state index contributed by atoms with van der Waals surface area (Å²) in [6.45, 7) is 3.59. The van der Waals surface area contributed by atoms with Crippen LogP contribution in [0.25, 0.3) is 11.4 Å². The van der Waals surface area contributed by atoms with E-state index in [1.54, 1.807) is 7.11 Å². The van der Waals surface area contributed by atoms with E-state index < -0.39 is 0 Å². The molecule has 24 heavy (non-hydrogen) atoms. The number of rotatable bonds is 5. The van der Waals surface area contributed by atoms with E-state index in [1.807, 2.05) is 24.3 Å². The minimum absolute atomic E-state index is 0.0919. The van der Waals surface area contributed by atoms with Gasteiger partial charge < -0.3 is 14.6 Å². The molecule has 0 spiro atoms. The van der Waals surface area contributed by atoms with Crippen LogP contribution in [0.5, 0.6) is 5.75 Å². The van der Waals surface area contributed by atoms with E-state index in [-0.39, 0.29) is 11.2 Å². The highest BCUT2D eigenvalue weighted by Crippen LogP contribution is 2.30. The fraction of sp³-hybridized carbons (Fsp3) is 0.471. The second-order valence-electron chi connectivity index (χ2n) is 5.67. The Morgan fingerprint density at radius 2 is 2.08 bits per heavy atom. The number of carbonyl (C=O) groups is 1. The average molecular weight is 346 g/mol. The van der Waals surface area contributed by atoms with Gasteiger partial charge >= 0.3 is 0 Å². The standard InChI is InChI=1S/C17H22N4O2S/c1-3-21-15(12-7-9-13(23-2)10-8-12)19-20-17(21)24-14-6-4-5-11-18-16(14)22/h7-10,14H,3-6,11H2,1-2H3,(H,18,22). The van der Waals surface area contributed by atoms with Crippen LogP contribution in [0.1, 0.15) is 26.2 Å². The molecular formula is C17H22N4O2S. The lowest BCUT2D eigenvalue weighted by molar-refractivity contribution is -0.120. The van der Waals surface area contributed by atoms with Gasteiger partial charge in [-0.05, 0) is 44.0 Å². The van der Waals surface area contributed by atoms with Crippen molar-refractivity contribution in [2.75, 3.05) is 13.7 Å². The molecule has 1 aromatic heterocycles. The first-order chi connectivity index (χ1) is 11.7. The first kappa shape index (κ1) is 16.8. The molecule has 1 N–H and O–H groups in total. The Morgan fingerprint density at radius 1 is 1.29 bits per heavy atom. The zero-order valence-corrected chi connectivity index (χ0v) is 14.8. The maximum atomic E-state index is 12.2. The largest absolute Gasteiger partial charge is 0.497 e. The fourth-order valence-corrected chi connectivity index (χ4v) is 3.93. The van der Waals surface area contributed by atoms with E-state index in [0.29, 0.717) is 0 Å². The van der Waals surface area contributed by atoms with Crippen molar-refractivity contribution in [1.82, 2.24) is 20.1 Å². The Hall–Kier alpha value is -2.02. The number of benzene rings is 1. The molecule has 7 heteroatoms. The molecule has 0 radical (unpaired) electrons. The summed E-state index contributed by atoms with van der Waals surface area (Å²) >= 11 is 1.51. The van der Waals surface area contributed by atoms with Crippen molar-refractivity contribution in [3.63, 3.8) is 0 Å². The number of carbonyl (C=O) groups excluding carboxylic acids is 1. The van der Waals surface area contributed by atoms with Gasteiger partial charge in [-0.15, -0.1) is 10.2 Å². The van der Waals surface area contributed by atoms with Gasteiger partial charge in [0.05, 0.1) is 12.4 Å². The summed E-state index contributed by atoms with van der Waals surface area (Å²) in [6.07, 6.45) is 2.98. The smallest absolute Gasteiger partial charge is 0.233 e. The third kappa shape index (κ3) is 3.56. The molecule has 3 rings (SSSR count). The molecule has 1 aliphatic heterocycles. The number of aromatic nitrogens is 3. The maximum Gasteiger partial charge on any atom is 0.233 e. The minimum atomic E-state index is -0.0919. The van der Waals surface area contributed by atoms with Crippen LogP contribution < -0.4 is 10.1 Å². The Kier molecular flexibility index (Phi) is 5.40. The van der Waals surface area contributed by atoms with E-state index in [2.05, 4.69) is 27.0 Å². The zero-order chi connectivity index (χ0) is 16.9. The average Bonchev–Trinajstić information content (AvgIpc) is 2.91. The number of amides is 1. The molecular weight excluding hydrogens is 324 g/mol. The van der Waals surface area contributed by atoms with Gasteiger partial charge in [-0.1, -0.05) is 18.2 Å². The van der Waals surface area contributed by atoms with Gasteiger partial charge in [0.1, 0.15) is 5.75 Å². The number of hydrogen-bond donors (Lipinski definition) is 1. The van der Waals surface area contributed by atoms with Crippen molar-refractivity contribution in [3.8, 4) is 17.1 Å². The predicted octanol–water partition coefficient (Wildman–Crippen LogP) is 2.73. The molecule has 1 fully saturated rings. The maximum absolute atomic E-state index is 12.2.